The van der Waals surface area contributed by atoms with Gasteiger partial charge in [-0.2, -0.15) is 0 Å². The molecular formula is C3H8BaNO4P. The molecule has 0 saturated carbocycles. The summed E-state index contributed by atoms with van der Waals surface area (Å²) in [6, 6.07) is 0. The molecule has 0 aromatic rings. The summed E-state index contributed by atoms with van der Waals surface area (Å²) in [7, 11) is -4.05. The average molecular weight is 290 g/mol. The predicted octanol–water partition coefficient (Wildman–Crippen LogP) is 0.465. The van der Waals surface area contributed by atoms with Crippen LogP contribution in [0.1, 0.15) is 9.78 Å². The molecule has 0 saturated heterocycles. The van der Waals surface area contributed by atoms with E-state index in [1.165, 1.54) is 6.92 Å². The van der Waals surface area contributed by atoms with Gasteiger partial charge in [0, 0.05) is 0 Å². The molecule has 56 valence electrons. The number of nitriles is 1. The van der Waals surface area contributed by atoms with Gasteiger partial charge >= 0.3 is 56.7 Å². The van der Waals surface area contributed by atoms with E-state index in [1.807, 2.05) is 0 Å². The van der Waals surface area contributed by atoms with Crippen LogP contribution in [0.25, 0.3) is 0 Å². The maximum atomic E-state index is 10.3. The summed E-state index contributed by atoms with van der Waals surface area (Å²) in [5.41, 5.74) is 0. The summed E-state index contributed by atoms with van der Waals surface area (Å²) in [4.78, 5) is 8.40. The Hall–Kier alpha value is 1.01. The van der Waals surface area contributed by atoms with Crippen LogP contribution in [0.3, 0.4) is 0 Å². The summed E-state index contributed by atoms with van der Waals surface area (Å²) >= 11 is 0. The Morgan fingerprint density at radius 3 is 2.70 bits per heavy atom. The van der Waals surface area contributed by atoms with E-state index in [4.69, 9.17) is 10.2 Å². The van der Waals surface area contributed by atoms with Crippen LogP contribution in [0.4, 0.5) is 0 Å². The molecule has 0 bridgehead atoms. The van der Waals surface area contributed by atoms with E-state index in [0.717, 1.165) is 6.26 Å². The van der Waals surface area contributed by atoms with E-state index in [1.54, 1.807) is 0 Å². The molecule has 7 heteroatoms. The molecule has 1 atom stereocenters. The molecule has 1 N–H and O–H groups in total. The Morgan fingerprint density at radius 1 is 1.90 bits per heavy atom. The number of hydrogen-bond acceptors (Lipinski definition) is 4. The maximum Gasteiger partial charge on any atom is 2.00 e. The van der Waals surface area contributed by atoms with E-state index >= 15 is 0 Å². The summed E-state index contributed by atoms with van der Waals surface area (Å²) in [5, 5.41) is 7.74. The van der Waals surface area contributed by atoms with Gasteiger partial charge in [0.2, 0.25) is 0 Å². The van der Waals surface area contributed by atoms with Crippen molar-refractivity contribution < 1.29 is 21.4 Å². The Bertz CT molecular complexity index is 174. The molecule has 0 aromatic heterocycles. The van der Waals surface area contributed by atoms with Crippen LogP contribution in [0.2, 0.25) is 0 Å². The zero-order chi connectivity index (χ0) is 7.33. The molecule has 0 spiro atoms. The van der Waals surface area contributed by atoms with Crippen LogP contribution in [0.15, 0.2) is 0 Å². The quantitative estimate of drug-likeness (QED) is 0.464. The van der Waals surface area contributed by atoms with E-state index in [2.05, 4.69) is 9.05 Å². The smallest absolute Gasteiger partial charge is 1.00 e. The van der Waals surface area contributed by atoms with Crippen LogP contribution in [-0.2, 0) is 13.6 Å². The normalized spacial score (nSPS) is 14.1. The Labute approximate surface area is 102 Å². The van der Waals surface area contributed by atoms with Gasteiger partial charge in [0.05, 0.1) is 6.61 Å². The van der Waals surface area contributed by atoms with Gasteiger partial charge in [0.25, 0.3) is 6.26 Å². The van der Waals surface area contributed by atoms with Gasteiger partial charge in [0.15, 0.2) is 0 Å². The molecule has 0 aliphatic carbocycles. The van der Waals surface area contributed by atoms with Crippen LogP contribution in [-0.4, -0.2) is 60.4 Å². The van der Waals surface area contributed by atoms with Crippen LogP contribution in [0.5, 0.6) is 0 Å². The first-order valence-electron chi connectivity index (χ1n) is 2.17. The van der Waals surface area contributed by atoms with Crippen molar-refractivity contribution >= 4 is 56.7 Å². The van der Waals surface area contributed by atoms with Crippen molar-refractivity contribution in [1.29, 1.82) is 5.26 Å². The van der Waals surface area contributed by atoms with Crippen LogP contribution < -0.4 is 0 Å². The fraction of sp³-hybridized carbons (Fsp3) is 0.667. The summed E-state index contributed by atoms with van der Waals surface area (Å²) in [5.74, 6) is 0. The molecule has 1 unspecified atom stereocenters. The molecule has 0 aliphatic rings. The predicted molar refractivity (Wildman–Crippen MR) is 36.1 cm³/mol. The van der Waals surface area contributed by atoms with Crippen molar-refractivity contribution in [2.24, 2.45) is 0 Å². The average Bonchev–Trinajstić information content (AvgIpc) is 1.64. The third-order valence-electron chi connectivity index (χ3n) is 0.448. The standard InChI is InChI=1S/C3H6NO4P.Ba.2H/c1-2-7-9(5,6)8-3-4;;;/h2H2,1H3,(H,5,6);;;/q;+2;2*-1. The van der Waals surface area contributed by atoms with Gasteiger partial charge in [-0.3, -0.25) is 9.42 Å². The molecular weight excluding hydrogens is 282 g/mol. The molecule has 5 nitrogen and oxygen atoms in total. The minimum Gasteiger partial charge on any atom is -1.00 e. The maximum absolute atomic E-state index is 10.3. The third-order valence-corrected chi connectivity index (χ3v) is 1.35. The fourth-order valence-corrected chi connectivity index (χ4v) is 0.723. The zero-order valence-electron chi connectivity index (χ0n) is 7.48. The molecule has 0 radical (unpaired) electrons. The van der Waals surface area contributed by atoms with Crippen molar-refractivity contribution in [2.45, 2.75) is 6.92 Å². The fourth-order valence-electron chi connectivity index (χ4n) is 0.241. The molecule has 0 fully saturated rings. The molecule has 0 aliphatic heterocycles. The number of rotatable bonds is 3. The summed E-state index contributed by atoms with van der Waals surface area (Å²) in [6.45, 7) is 1.55. The van der Waals surface area contributed by atoms with Crippen molar-refractivity contribution in [3.8, 4) is 6.26 Å². The number of phosphoric acid groups is 1. The first-order valence-corrected chi connectivity index (χ1v) is 3.67. The summed E-state index contributed by atoms with van der Waals surface area (Å²) in [6.07, 6.45) is 1.05. The van der Waals surface area contributed by atoms with Crippen LogP contribution in [0, 0.1) is 11.5 Å². The van der Waals surface area contributed by atoms with Gasteiger partial charge in [-0.15, -0.1) is 5.26 Å². The second kappa shape index (κ2) is 6.70. The second-order valence-electron chi connectivity index (χ2n) is 1.07. The molecule has 0 aromatic carbocycles. The molecule has 0 rings (SSSR count). The SMILES string of the molecule is CCOP(=O)(O)OC#N.[Ba+2].[H-].[H-]. The van der Waals surface area contributed by atoms with Crippen molar-refractivity contribution in [3.05, 3.63) is 0 Å². The minimum atomic E-state index is -4.05. The Balaban J connectivity index is -0.000000107. The van der Waals surface area contributed by atoms with Gasteiger partial charge in [-0.05, 0) is 6.92 Å². The van der Waals surface area contributed by atoms with E-state index in [9.17, 15) is 4.57 Å². The monoisotopic (exact) mass is 291 g/mol. The minimum absolute atomic E-state index is 0. The Morgan fingerprint density at radius 2 is 2.40 bits per heavy atom. The molecule has 0 amide bonds. The zero-order valence-corrected chi connectivity index (χ0v) is 10.8. The van der Waals surface area contributed by atoms with E-state index in [-0.39, 0.29) is 58.3 Å². The van der Waals surface area contributed by atoms with E-state index < -0.39 is 7.82 Å². The Kier molecular flexibility index (Phi) is 9.11. The number of phosphoric ester groups is 1. The summed E-state index contributed by atoms with van der Waals surface area (Å²) < 4.78 is 18.1. The molecule has 0 heterocycles. The van der Waals surface area contributed by atoms with Crippen LogP contribution >= 0.6 is 7.82 Å². The van der Waals surface area contributed by atoms with Crippen molar-refractivity contribution in [3.63, 3.8) is 0 Å². The third kappa shape index (κ3) is 7.12. The van der Waals surface area contributed by atoms with Gasteiger partial charge < -0.3 is 7.38 Å². The first-order chi connectivity index (χ1) is 4.12. The first kappa shape index (κ1) is 13.6. The second-order valence-corrected chi connectivity index (χ2v) is 2.45. The van der Waals surface area contributed by atoms with Gasteiger partial charge in [-0.25, -0.2) is 4.57 Å². The topological polar surface area (TPSA) is 79.6 Å². The number of hydrogen-bond donors (Lipinski definition) is 1. The largest absolute Gasteiger partial charge is 2.00 e. The van der Waals surface area contributed by atoms with E-state index in [0.29, 0.717) is 0 Å². The molecule has 10 heavy (non-hydrogen) atoms. The number of nitrogens with zero attached hydrogens (tertiary/aromatic N) is 1. The van der Waals surface area contributed by atoms with Crippen molar-refractivity contribution in [1.82, 2.24) is 0 Å². The van der Waals surface area contributed by atoms with Crippen molar-refractivity contribution in [2.75, 3.05) is 6.61 Å². The van der Waals surface area contributed by atoms with Gasteiger partial charge in [-0.1, -0.05) is 0 Å². The van der Waals surface area contributed by atoms with Gasteiger partial charge in [0.1, 0.15) is 0 Å².